The van der Waals surface area contributed by atoms with Crippen molar-refractivity contribution in [3.8, 4) is 12.3 Å². The number of rotatable bonds is 3. The van der Waals surface area contributed by atoms with Crippen LogP contribution in [0.1, 0.15) is 12.8 Å². The minimum Gasteiger partial charge on any atom is -0.326 e. The highest BCUT2D eigenvalue weighted by atomic mass is 16.2. The molecule has 1 aliphatic rings. The Kier molecular flexibility index (Phi) is 2.98. The summed E-state index contributed by atoms with van der Waals surface area (Å²) in [6.07, 6.45) is 6.78. The zero-order chi connectivity index (χ0) is 8.97. The lowest BCUT2D eigenvalue weighted by molar-refractivity contribution is 0.198. The predicted molar refractivity (Wildman–Crippen MR) is 47.7 cm³/mol. The maximum absolute atomic E-state index is 11.3. The molecule has 1 rings (SSSR count). The quantitative estimate of drug-likeness (QED) is 0.448. The van der Waals surface area contributed by atoms with Crippen molar-refractivity contribution in [1.29, 1.82) is 0 Å². The van der Waals surface area contributed by atoms with Crippen LogP contribution < -0.4 is 0 Å². The minimum absolute atomic E-state index is 0.132. The summed E-state index contributed by atoms with van der Waals surface area (Å²) in [5.74, 6) is 2.57. The lowest BCUT2D eigenvalue weighted by Gasteiger charge is -2.14. The Labute approximate surface area is 73.3 Å². The number of carbonyl (C=O) groups excluding carboxylic acids is 1. The van der Waals surface area contributed by atoms with Crippen LogP contribution >= 0.6 is 0 Å². The number of urea groups is 1. The fourth-order valence-electron chi connectivity index (χ4n) is 1.28. The molecule has 0 aromatic heterocycles. The topological polar surface area (TPSA) is 23.6 Å². The van der Waals surface area contributed by atoms with Gasteiger partial charge in [0.1, 0.15) is 0 Å². The average Bonchev–Trinajstić information content (AvgIpc) is 2.36. The van der Waals surface area contributed by atoms with Crippen LogP contribution in [-0.4, -0.2) is 42.5 Å². The van der Waals surface area contributed by atoms with Crippen LogP contribution in [0, 0.1) is 12.3 Å². The number of unbranched alkanes of at least 4 members (excludes halogenated alkanes) is 1. The Bertz CT molecular complexity index is 207. The van der Waals surface area contributed by atoms with Crippen molar-refractivity contribution in [2.24, 2.45) is 0 Å². The van der Waals surface area contributed by atoms with Crippen LogP contribution in [0.5, 0.6) is 0 Å². The van der Waals surface area contributed by atoms with Gasteiger partial charge in [-0.2, -0.15) is 0 Å². The number of likely N-dealkylation sites (N-methyl/N-ethyl adjacent to an activating group) is 1. The van der Waals surface area contributed by atoms with E-state index in [0.29, 0.717) is 0 Å². The number of hydrogen-bond donors (Lipinski definition) is 0. The van der Waals surface area contributed by atoms with Crippen molar-refractivity contribution < 1.29 is 4.79 Å². The summed E-state index contributed by atoms with van der Waals surface area (Å²) in [5, 5.41) is 0. The molecule has 0 radical (unpaired) electrons. The van der Waals surface area contributed by atoms with Crippen molar-refractivity contribution in [2.45, 2.75) is 12.8 Å². The SMILES string of the molecule is C#CCCCN1CCN(C)C1=O. The zero-order valence-electron chi connectivity index (χ0n) is 7.42. The third-order valence-electron chi connectivity index (χ3n) is 2.05. The van der Waals surface area contributed by atoms with Gasteiger partial charge in [0, 0.05) is 33.1 Å². The summed E-state index contributed by atoms with van der Waals surface area (Å²) in [4.78, 5) is 14.9. The normalized spacial score (nSPS) is 16.8. The molecule has 12 heavy (non-hydrogen) atoms. The lowest BCUT2D eigenvalue weighted by atomic mass is 10.3. The van der Waals surface area contributed by atoms with Gasteiger partial charge in [0.05, 0.1) is 0 Å². The van der Waals surface area contributed by atoms with Crippen LogP contribution in [0.4, 0.5) is 4.79 Å². The van der Waals surface area contributed by atoms with E-state index < -0.39 is 0 Å². The van der Waals surface area contributed by atoms with E-state index in [1.165, 1.54) is 0 Å². The molecular weight excluding hydrogens is 152 g/mol. The van der Waals surface area contributed by atoms with Crippen molar-refractivity contribution in [2.75, 3.05) is 26.7 Å². The van der Waals surface area contributed by atoms with Gasteiger partial charge in [-0.3, -0.25) is 0 Å². The molecule has 1 fully saturated rings. The third-order valence-corrected chi connectivity index (χ3v) is 2.05. The van der Waals surface area contributed by atoms with Crippen LogP contribution in [0.3, 0.4) is 0 Å². The van der Waals surface area contributed by atoms with E-state index in [0.717, 1.165) is 32.5 Å². The first-order valence-electron chi connectivity index (χ1n) is 4.19. The van der Waals surface area contributed by atoms with E-state index in [-0.39, 0.29) is 6.03 Å². The number of hydrogen-bond acceptors (Lipinski definition) is 1. The second-order valence-electron chi connectivity index (χ2n) is 3.00. The Morgan fingerprint density at radius 3 is 2.83 bits per heavy atom. The molecule has 2 amide bonds. The molecule has 1 heterocycles. The van der Waals surface area contributed by atoms with E-state index in [1.54, 1.807) is 4.90 Å². The van der Waals surface area contributed by atoms with Gasteiger partial charge >= 0.3 is 6.03 Å². The molecule has 3 heteroatoms. The average molecular weight is 166 g/mol. The molecular formula is C9H14N2O. The number of amides is 2. The molecule has 0 saturated carbocycles. The van der Waals surface area contributed by atoms with Gasteiger partial charge in [-0.1, -0.05) is 0 Å². The Morgan fingerprint density at radius 1 is 1.58 bits per heavy atom. The number of nitrogens with zero attached hydrogens (tertiary/aromatic N) is 2. The smallest absolute Gasteiger partial charge is 0.319 e. The van der Waals surface area contributed by atoms with Gasteiger partial charge in [-0.25, -0.2) is 4.79 Å². The molecule has 1 aliphatic heterocycles. The first-order valence-corrected chi connectivity index (χ1v) is 4.19. The Balaban J connectivity index is 2.26. The highest BCUT2D eigenvalue weighted by molar-refractivity contribution is 5.76. The standard InChI is InChI=1S/C9H14N2O/c1-3-4-5-6-11-8-7-10(2)9(11)12/h1H,4-8H2,2H3. The van der Waals surface area contributed by atoms with E-state index in [1.807, 2.05) is 11.9 Å². The largest absolute Gasteiger partial charge is 0.326 e. The summed E-state index contributed by atoms with van der Waals surface area (Å²) in [5.41, 5.74) is 0. The molecule has 0 atom stereocenters. The molecule has 66 valence electrons. The molecule has 0 aliphatic carbocycles. The first-order chi connectivity index (χ1) is 5.75. The Hall–Kier alpha value is -1.17. The summed E-state index contributed by atoms with van der Waals surface area (Å²) in [6, 6.07) is 0.132. The predicted octanol–water partition coefficient (Wildman–Crippen LogP) is 0.767. The third kappa shape index (κ3) is 1.91. The Morgan fingerprint density at radius 2 is 2.33 bits per heavy atom. The van der Waals surface area contributed by atoms with E-state index in [2.05, 4.69) is 5.92 Å². The zero-order valence-corrected chi connectivity index (χ0v) is 7.42. The van der Waals surface area contributed by atoms with Crippen LogP contribution in [0.25, 0.3) is 0 Å². The van der Waals surface area contributed by atoms with Gasteiger partial charge in [-0.05, 0) is 6.42 Å². The summed E-state index contributed by atoms with van der Waals surface area (Å²) >= 11 is 0. The van der Waals surface area contributed by atoms with Crippen molar-refractivity contribution in [3.05, 3.63) is 0 Å². The molecule has 1 saturated heterocycles. The van der Waals surface area contributed by atoms with Gasteiger partial charge in [0.25, 0.3) is 0 Å². The van der Waals surface area contributed by atoms with Gasteiger partial charge in [0.15, 0.2) is 0 Å². The second-order valence-corrected chi connectivity index (χ2v) is 3.00. The minimum atomic E-state index is 0.132. The molecule has 3 nitrogen and oxygen atoms in total. The van der Waals surface area contributed by atoms with Crippen LogP contribution in [0.2, 0.25) is 0 Å². The van der Waals surface area contributed by atoms with Crippen LogP contribution in [0.15, 0.2) is 0 Å². The maximum Gasteiger partial charge on any atom is 0.319 e. The summed E-state index contributed by atoms with van der Waals surface area (Å²) in [6.45, 7) is 2.49. The lowest BCUT2D eigenvalue weighted by Crippen LogP contribution is -2.30. The highest BCUT2D eigenvalue weighted by Gasteiger charge is 2.23. The second kappa shape index (κ2) is 4.01. The fraction of sp³-hybridized carbons (Fsp3) is 0.667. The molecule has 0 bridgehead atoms. The van der Waals surface area contributed by atoms with E-state index in [9.17, 15) is 4.79 Å². The number of carbonyl (C=O) groups is 1. The number of terminal acetylenes is 1. The van der Waals surface area contributed by atoms with Gasteiger partial charge < -0.3 is 9.80 Å². The van der Waals surface area contributed by atoms with Gasteiger partial charge in [-0.15, -0.1) is 12.3 Å². The van der Waals surface area contributed by atoms with E-state index >= 15 is 0 Å². The van der Waals surface area contributed by atoms with E-state index in [4.69, 9.17) is 6.42 Å². The van der Waals surface area contributed by atoms with Crippen molar-refractivity contribution in [3.63, 3.8) is 0 Å². The molecule has 0 aromatic rings. The first kappa shape index (κ1) is 8.92. The fourth-order valence-corrected chi connectivity index (χ4v) is 1.28. The van der Waals surface area contributed by atoms with Gasteiger partial charge in [0.2, 0.25) is 0 Å². The van der Waals surface area contributed by atoms with Crippen LogP contribution in [-0.2, 0) is 0 Å². The molecule has 0 spiro atoms. The van der Waals surface area contributed by atoms with Crippen molar-refractivity contribution >= 4 is 6.03 Å². The maximum atomic E-state index is 11.3. The summed E-state index contributed by atoms with van der Waals surface area (Å²) in [7, 11) is 1.82. The summed E-state index contributed by atoms with van der Waals surface area (Å²) < 4.78 is 0. The molecule has 0 unspecified atom stereocenters. The monoisotopic (exact) mass is 166 g/mol. The van der Waals surface area contributed by atoms with Crippen molar-refractivity contribution in [1.82, 2.24) is 9.80 Å². The molecule has 0 N–H and O–H groups in total. The molecule has 0 aromatic carbocycles. The highest BCUT2D eigenvalue weighted by Crippen LogP contribution is 2.06.